The molecule has 1 amide bonds. The first-order valence-electron chi connectivity index (χ1n) is 6.08. The van der Waals surface area contributed by atoms with E-state index in [0.29, 0.717) is 11.6 Å². The average Bonchev–Trinajstić information content (AvgIpc) is 2.39. The van der Waals surface area contributed by atoms with Crippen LogP contribution in [0.15, 0.2) is 42.7 Å². The Balaban J connectivity index is 2.20. The van der Waals surface area contributed by atoms with Gasteiger partial charge in [-0.25, -0.2) is 4.39 Å². The van der Waals surface area contributed by atoms with Crippen LogP contribution in [0.2, 0.25) is 0 Å². The van der Waals surface area contributed by atoms with E-state index in [0.717, 1.165) is 11.8 Å². The molecule has 1 aromatic heterocycles. The molecule has 2 aromatic rings. The van der Waals surface area contributed by atoms with E-state index in [2.05, 4.69) is 24.1 Å². The van der Waals surface area contributed by atoms with Crippen LogP contribution in [0.4, 0.5) is 10.1 Å². The lowest BCUT2D eigenvalue weighted by atomic mass is 10.0. The monoisotopic (exact) mass is 258 g/mol. The summed E-state index contributed by atoms with van der Waals surface area (Å²) in [6, 6.07) is 8.89. The summed E-state index contributed by atoms with van der Waals surface area (Å²) in [6.45, 7) is 4.15. The number of halogens is 1. The molecule has 0 saturated carbocycles. The zero-order chi connectivity index (χ0) is 13.8. The summed E-state index contributed by atoms with van der Waals surface area (Å²) in [5.41, 5.74) is 1.77. The molecule has 0 aliphatic carbocycles. The van der Waals surface area contributed by atoms with E-state index in [4.69, 9.17) is 0 Å². The molecule has 1 aromatic carbocycles. The van der Waals surface area contributed by atoms with Crippen molar-refractivity contribution in [1.29, 1.82) is 0 Å². The standard InChI is InChI=1S/C15H15FN2O/c1-10(2)11-4-3-5-12(8-11)18-15(19)13-6-7-17-9-14(13)16/h3-10H,1-2H3,(H,18,19). The second-order valence-corrected chi connectivity index (χ2v) is 4.59. The minimum absolute atomic E-state index is 0.00931. The van der Waals surface area contributed by atoms with Gasteiger partial charge in [-0.3, -0.25) is 9.78 Å². The highest BCUT2D eigenvalue weighted by molar-refractivity contribution is 6.04. The minimum Gasteiger partial charge on any atom is -0.322 e. The normalized spacial score (nSPS) is 10.5. The molecule has 0 atom stereocenters. The van der Waals surface area contributed by atoms with Crippen molar-refractivity contribution in [2.45, 2.75) is 19.8 Å². The molecule has 0 saturated heterocycles. The number of nitrogens with zero attached hydrogens (tertiary/aromatic N) is 1. The highest BCUT2D eigenvalue weighted by Crippen LogP contribution is 2.19. The van der Waals surface area contributed by atoms with Crippen LogP contribution in [-0.4, -0.2) is 10.9 Å². The first-order valence-corrected chi connectivity index (χ1v) is 6.08. The smallest absolute Gasteiger partial charge is 0.258 e. The van der Waals surface area contributed by atoms with Crippen molar-refractivity contribution in [3.05, 3.63) is 59.7 Å². The van der Waals surface area contributed by atoms with Gasteiger partial charge in [0.25, 0.3) is 5.91 Å². The summed E-state index contributed by atoms with van der Waals surface area (Å²) in [5, 5.41) is 2.69. The number of hydrogen-bond acceptors (Lipinski definition) is 2. The van der Waals surface area contributed by atoms with E-state index in [1.165, 1.54) is 12.3 Å². The molecular weight excluding hydrogens is 243 g/mol. The molecule has 1 heterocycles. The SMILES string of the molecule is CC(C)c1cccc(NC(=O)c2ccncc2F)c1. The lowest BCUT2D eigenvalue weighted by Crippen LogP contribution is -2.14. The lowest BCUT2D eigenvalue weighted by molar-refractivity contribution is 0.102. The zero-order valence-corrected chi connectivity index (χ0v) is 10.9. The van der Waals surface area contributed by atoms with Crippen molar-refractivity contribution >= 4 is 11.6 Å². The number of rotatable bonds is 3. The molecule has 0 spiro atoms. The summed E-state index contributed by atoms with van der Waals surface area (Å²) in [6.07, 6.45) is 2.42. The molecule has 0 aliphatic heterocycles. The van der Waals surface area contributed by atoms with Crippen LogP contribution in [-0.2, 0) is 0 Å². The van der Waals surface area contributed by atoms with E-state index in [-0.39, 0.29) is 5.56 Å². The number of hydrogen-bond donors (Lipinski definition) is 1. The first-order chi connectivity index (χ1) is 9.08. The number of pyridine rings is 1. The molecule has 19 heavy (non-hydrogen) atoms. The Hall–Kier alpha value is -2.23. The third-order valence-electron chi connectivity index (χ3n) is 2.83. The summed E-state index contributed by atoms with van der Waals surface area (Å²) in [4.78, 5) is 15.6. The van der Waals surface area contributed by atoms with Crippen LogP contribution in [0.3, 0.4) is 0 Å². The molecule has 0 bridgehead atoms. The fourth-order valence-electron chi connectivity index (χ4n) is 1.73. The number of benzene rings is 1. The molecule has 98 valence electrons. The Morgan fingerprint density at radius 1 is 1.32 bits per heavy atom. The van der Waals surface area contributed by atoms with Crippen molar-refractivity contribution in [2.24, 2.45) is 0 Å². The number of carbonyl (C=O) groups excluding carboxylic acids is 1. The van der Waals surface area contributed by atoms with Gasteiger partial charge in [0.15, 0.2) is 5.82 Å². The fourth-order valence-corrected chi connectivity index (χ4v) is 1.73. The Morgan fingerprint density at radius 3 is 2.79 bits per heavy atom. The third-order valence-corrected chi connectivity index (χ3v) is 2.83. The van der Waals surface area contributed by atoms with Gasteiger partial charge < -0.3 is 5.32 Å². The van der Waals surface area contributed by atoms with Crippen molar-refractivity contribution < 1.29 is 9.18 Å². The summed E-state index contributed by atoms with van der Waals surface area (Å²) in [7, 11) is 0. The summed E-state index contributed by atoms with van der Waals surface area (Å²) < 4.78 is 13.4. The Labute approximate surface area is 111 Å². The molecule has 0 unspecified atom stereocenters. The quantitative estimate of drug-likeness (QED) is 0.914. The van der Waals surface area contributed by atoms with Gasteiger partial charge in [-0.05, 0) is 29.7 Å². The van der Waals surface area contributed by atoms with Crippen LogP contribution < -0.4 is 5.32 Å². The van der Waals surface area contributed by atoms with Gasteiger partial charge in [-0.2, -0.15) is 0 Å². The molecule has 0 aliphatic rings. The minimum atomic E-state index is -0.625. The van der Waals surface area contributed by atoms with Gasteiger partial charge in [-0.1, -0.05) is 26.0 Å². The zero-order valence-electron chi connectivity index (χ0n) is 10.9. The maximum absolute atomic E-state index is 13.4. The number of nitrogens with one attached hydrogen (secondary N) is 1. The third kappa shape index (κ3) is 3.16. The van der Waals surface area contributed by atoms with Crippen LogP contribution in [0.5, 0.6) is 0 Å². The Morgan fingerprint density at radius 2 is 2.11 bits per heavy atom. The van der Waals surface area contributed by atoms with Crippen molar-refractivity contribution in [2.75, 3.05) is 5.32 Å². The topological polar surface area (TPSA) is 42.0 Å². The average molecular weight is 258 g/mol. The Bertz CT molecular complexity index is 596. The number of anilines is 1. The maximum Gasteiger partial charge on any atom is 0.258 e. The maximum atomic E-state index is 13.4. The van der Waals surface area contributed by atoms with E-state index < -0.39 is 11.7 Å². The van der Waals surface area contributed by atoms with E-state index in [9.17, 15) is 9.18 Å². The van der Waals surface area contributed by atoms with E-state index >= 15 is 0 Å². The van der Waals surface area contributed by atoms with Crippen LogP contribution >= 0.6 is 0 Å². The summed E-state index contributed by atoms with van der Waals surface area (Å²) >= 11 is 0. The molecule has 3 nitrogen and oxygen atoms in total. The highest BCUT2D eigenvalue weighted by atomic mass is 19.1. The summed E-state index contributed by atoms with van der Waals surface area (Å²) in [5.74, 6) is -0.727. The first kappa shape index (κ1) is 13.2. The number of carbonyl (C=O) groups is 1. The van der Waals surface area contributed by atoms with Crippen molar-refractivity contribution in [3.63, 3.8) is 0 Å². The van der Waals surface area contributed by atoms with Gasteiger partial charge in [-0.15, -0.1) is 0 Å². The van der Waals surface area contributed by atoms with Crippen molar-refractivity contribution in [3.8, 4) is 0 Å². The van der Waals surface area contributed by atoms with Crippen molar-refractivity contribution in [1.82, 2.24) is 4.98 Å². The van der Waals surface area contributed by atoms with Crippen LogP contribution in [0.1, 0.15) is 35.7 Å². The predicted molar refractivity (Wildman–Crippen MR) is 72.7 cm³/mol. The van der Waals surface area contributed by atoms with Crippen LogP contribution in [0.25, 0.3) is 0 Å². The van der Waals surface area contributed by atoms with E-state index in [1.54, 1.807) is 6.07 Å². The van der Waals surface area contributed by atoms with E-state index in [1.807, 2.05) is 18.2 Å². The lowest BCUT2D eigenvalue weighted by Gasteiger charge is -2.09. The molecule has 1 N–H and O–H groups in total. The molecule has 0 radical (unpaired) electrons. The van der Waals surface area contributed by atoms with Gasteiger partial charge >= 0.3 is 0 Å². The van der Waals surface area contributed by atoms with Gasteiger partial charge in [0.2, 0.25) is 0 Å². The number of amides is 1. The molecular formula is C15H15FN2O. The van der Waals surface area contributed by atoms with Gasteiger partial charge in [0.1, 0.15) is 0 Å². The number of aromatic nitrogens is 1. The largest absolute Gasteiger partial charge is 0.322 e. The predicted octanol–water partition coefficient (Wildman–Crippen LogP) is 3.60. The molecule has 4 heteroatoms. The fraction of sp³-hybridized carbons (Fsp3) is 0.200. The second-order valence-electron chi connectivity index (χ2n) is 4.59. The van der Waals surface area contributed by atoms with Gasteiger partial charge in [0.05, 0.1) is 11.8 Å². The molecule has 2 rings (SSSR count). The van der Waals surface area contributed by atoms with Crippen LogP contribution in [0, 0.1) is 5.82 Å². The second kappa shape index (κ2) is 5.61. The van der Waals surface area contributed by atoms with Gasteiger partial charge in [0, 0.05) is 11.9 Å². The molecule has 0 fully saturated rings. The Kier molecular flexibility index (Phi) is 3.90. The highest BCUT2D eigenvalue weighted by Gasteiger charge is 2.11.